The Hall–Kier alpha value is -1.29. The number of piperidine rings is 1. The molecule has 8 heteroatoms. The van der Waals surface area contributed by atoms with Crippen LogP contribution in [-0.2, 0) is 10.4 Å². The van der Waals surface area contributed by atoms with E-state index in [1.807, 2.05) is 31.7 Å². The molecule has 1 amide bonds. The molecule has 1 aliphatic heterocycles. The molecular formula is C19H33IN4O3. The van der Waals surface area contributed by atoms with Crippen molar-refractivity contribution in [2.45, 2.75) is 52.6 Å². The zero-order valence-corrected chi connectivity index (χ0v) is 19.1. The average molecular weight is 492 g/mol. The largest absolute Gasteiger partial charge is 0.466 e. The second-order valence-corrected chi connectivity index (χ2v) is 7.09. The summed E-state index contributed by atoms with van der Waals surface area (Å²) < 4.78 is 5.52. The van der Waals surface area contributed by atoms with E-state index in [4.69, 9.17) is 4.42 Å². The number of carbonyl (C=O) groups excluding carboxylic acids is 1. The van der Waals surface area contributed by atoms with Gasteiger partial charge in [-0.25, -0.2) is 4.99 Å². The van der Waals surface area contributed by atoms with Gasteiger partial charge in [0.25, 0.3) is 0 Å². The van der Waals surface area contributed by atoms with Crippen molar-refractivity contribution in [2.24, 2.45) is 4.99 Å². The lowest BCUT2D eigenvalue weighted by molar-refractivity contribution is -0.130. The Balaban J connectivity index is 0.00000364. The van der Waals surface area contributed by atoms with E-state index in [2.05, 4.69) is 15.6 Å². The molecule has 1 saturated heterocycles. The Morgan fingerprint density at radius 2 is 1.96 bits per heavy atom. The third-order valence-electron chi connectivity index (χ3n) is 4.65. The molecule has 1 unspecified atom stereocenters. The van der Waals surface area contributed by atoms with Gasteiger partial charge in [0.2, 0.25) is 5.91 Å². The Bertz CT molecular complexity index is 637. The van der Waals surface area contributed by atoms with Gasteiger partial charge in [0, 0.05) is 25.2 Å². The Labute approximate surface area is 179 Å². The lowest BCUT2D eigenvalue weighted by atomic mass is 9.96. The predicted molar refractivity (Wildman–Crippen MR) is 118 cm³/mol. The molecule has 3 N–H and O–H groups in total. The number of carbonyl (C=O) groups is 1. The first-order valence-corrected chi connectivity index (χ1v) is 9.43. The van der Waals surface area contributed by atoms with Gasteiger partial charge in [-0.05, 0) is 53.0 Å². The molecule has 0 spiro atoms. The molecule has 7 nitrogen and oxygen atoms in total. The first kappa shape index (κ1) is 23.7. The van der Waals surface area contributed by atoms with E-state index < -0.39 is 5.60 Å². The second-order valence-electron chi connectivity index (χ2n) is 7.09. The van der Waals surface area contributed by atoms with Crippen LogP contribution in [0.15, 0.2) is 15.5 Å². The molecular weight excluding hydrogens is 459 g/mol. The summed E-state index contributed by atoms with van der Waals surface area (Å²) >= 11 is 0. The van der Waals surface area contributed by atoms with Crippen molar-refractivity contribution in [3.05, 3.63) is 23.2 Å². The Morgan fingerprint density at radius 3 is 2.52 bits per heavy atom. The monoisotopic (exact) mass is 492 g/mol. The maximum Gasteiger partial charge on any atom is 0.244 e. The highest BCUT2D eigenvalue weighted by Gasteiger charge is 2.28. The van der Waals surface area contributed by atoms with Gasteiger partial charge in [0.15, 0.2) is 5.96 Å². The van der Waals surface area contributed by atoms with E-state index in [0.717, 1.165) is 37.3 Å². The van der Waals surface area contributed by atoms with Crippen LogP contribution in [0.2, 0.25) is 0 Å². The van der Waals surface area contributed by atoms with E-state index in [1.165, 1.54) is 6.42 Å². The number of aliphatic hydroxyl groups is 1. The minimum absolute atomic E-state index is 0. The fourth-order valence-electron chi connectivity index (χ4n) is 3.25. The standard InChI is InChI=1S/C19H32N4O3.HI/c1-5-20-18(21-12-17(24)23-9-7-6-8-10-23)22-13-19(4,25)16-11-14(2)26-15(16)3;/h11,25H,5-10,12-13H2,1-4H3,(H2,20,21,22);1H. The van der Waals surface area contributed by atoms with E-state index in [-0.39, 0.29) is 43.0 Å². The number of hydrogen-bond acceptors (Lipinski definition) is 4. The third kappa shape index (κ3) is 6.99. The minimum Gasteiger partial charge on any atom is -0.466 e. The fourth-order valence-corrected chi connectivity index (χ4v) is 3.25. The van der Waals surface area contributed by atoms with Crippen LogP contribution in [0.5, 0.6) is 0 Å². The number of hydrogen-bond donors (Lipinski definition) is 3. The van der Waals surface area contributed by atoms with E-state index in [1.54, 1.807) is 6.92 Å². The molecule has 1 atom stereocenters. The number of halogens is 1. The van der Waals surface area contributed by atoms with Crippen molar-refractivity contribution in [1.82, 2.24) is 15.5 Å². The van der Waals surface area contributed by atoms with Crippen LogP contribution in [0.25, 0.3) is 0 Å². The predicted octanol–water partition coefficient (Wildman–Crippen LogP) is 2.29. The minimum atomic E-state index is -1.10. The van der Waals surface area contributed by atoms with Crippen molar-refractivity contribution in [2.75, 3.05) is 32.7 Å². The van der Waals surface area contributed by atoms with Crippen molar-refractivity contribution < 1.29 is 14.3 Å². The molecule has 0 bridgehead atoms. The molecule has 27 heavy (non-hydrogen) atoms. The number of guanidine groups is 1. The second kappa shape index (κ2) is 10.9. The molecule has 0 saturated carbocycles. The average Bonchev–Trinajstić information content (AvgIpc) is 2.97. The Kier molecular flexibility index (Phi) is 9.58. The van der Waals surface area contributed by atoms with Gasteiger partial charge in [-0.15, -0.1) is 24.0 Å². The molecule has 1 aromatic heterocycles. The van der Waals surface area contributed by atoms with Crippen LogP contribution < -0.4 is 10.6 Å². The van der Waals surface area contributed by atoms with Gasteiger partial charge in [0.05, 0.1) is 6.54 Å². The normalized spacial score (nSPS) is 17.1. The number of amides is 1. The van der Waals surface area contributed by atoms with Crippen LogP contribution >= 0.6 is 24.0 Å². The first-order chi connectivity index (χ1) is 12.3. The van der Waals surface area contributed by atoms with Gasteiger partial charge in [-0.3, -0.25) is 4.79 Å². The van der Waals surface area contributed by atoms with Gasteiger partial charge in [0.1, 0.15) is 23.7 Å². The summed E-state index contributed by atoms with van der Waals surface area (Å²) in [5.41, 5.74) is -0.350. The zero-order valence-electron chi connectivity index (χ0n) is 16.8. The van der Waals surface area contributed by atoms with Crippen molar-refractivity contribution in [3.8, 4) is 0 Å². The summed E-state index contributed by atoms with van der Waals surface area (Å²) in [5, 5.41) is 17.0. The summed E-state index contributed by atoms with van der Waals surface area (Å²) in [6.07, 6.45) is 3.33. The lowest BCUT2D eigenvalue weighted by Crippen LogP contribution is -2.45. The molecule has 154 valence electrons. The maximum atomic E-state index is 12.3. The first-order valence-electron chi connectivity index (χ1n) is 9.43. The van der Waals surface area contributed by atoms with Crippen LogP contribution in [0.4, 0.5) is 0 Å². The Morgan fingerprint density at radius 1 is 1.30 bits per heavy atom. The van der Waals surface area contributed by atoms with Crippen LogP contribution in [0, 0.1) is 13.8 Å². The summed E-state index contributed by atoms with van der Waals surface area (Å²) in [7, 11) is 0. The number of nitrogens with one attached hydrogen (secondary N) is 2. The number of likely N-dealkylation sites (tertiary alicyclic amines) is 1. The molecule has 1 aromatic rings. The SMILES string of the molecule is CCNC(=NCC(=O)N1CCCCC1)NCC(C)(O)c1cc(C)oc1C.I. The molecule has 1 aliphatic rings. The summed E-state index contributed by atoms with van der Waals surface area (Å²) in [6, 6.07) is 1.85. The summed E-state index contributed by atoms with van der Waals surface area (Å²) in [4.78, 5) is 18.5. The van der Waals surface area contributed by atoms with Gasteiger partial charge < -0.3 is 25.1 Å². The van der Waals surface area contributed by atoms with Crippen molar-refractivity contribution in [1.29, 1.82) is 0 Å². The number of furan rings is 1. The van der Waals surface area contributed by atoms with Crippen LogP contribution in [0.1, 0.15) is 50.2 Å². The van der Waals surface area contributed by atoms with E-state index in [0.29, 0.717) is 18.3 Å². The van der Waals surface area contributed by atoms with Crippen molar-refractivity contribution >= 4 is 35.8 Å². The maximum absolute atomic E-state index is 12.3. The number of aryl methyl sites for hydroxylation is 2. The highest BCUT2D eigenvalue weighted by molar-refractivity contribution is 14.0. The highest BCUT2D eigenvalue weighted by Crippen LogP contribution is 2.26. The highest BCUT2D eigenvalue weighted by atomic mass is 127. The van der Waals surface area contributed by atoms with E-state index in [9.17, 15) is 9.90 Å². The van der Waals surface area contributed by atoms with Gasteiger partial charge >= 0.3 is 0 Å². The molecule has 1 fully saturated rings. The number of aliphatic imine (C=N–C) groups is 1. The summed E-state index contributed by atoms with van der Waals surface area (Å²) in [5.74, 6) is 2.05. The number of rotatable bonds is 6. The van der Waals surface area contributed by atoms with Gasteiger partial charge in [-0.2, -0.15) is 0 Å². The molecule has 2 heterocycles. The molecule has 0 aromatic carbocycles. The molecule has 0 radical (unpaired) electrons. The lowest BCUT2D eigenvalue weighted by Gasteiger charge is -2.26. The fraction of sp³-hybridized carbons (Fsp3) is 0.684. The number of nitrogens with zero attached hydrogens (tertiary/aromatic N) is 2. The zero-order chi connectivity index (χ0) is 19.2. The smallest absolute Gasteiger partial charge is 0.244 e. The van der Waals surface area contributed by atoms with Crippen molar-refractivity contribution in [3.63, 3.8) is 0 Å². The third-order valence-corrected chi connectivity index (χ3v) is 4.65. The van der Waals surface area contributed by atoms with Gasteiger partial charge in [-0.1, -0.05) is 0 Å². The topological polar surface area (TPSA) is 90.1 Å². The molecule has 0 aliphatic carbocycles. The van der Waals surface area contributed by atoms with E-state index >= 15 is 0 Å². The van der Waals surface area contributed by atoms with Crippen LogP contribution in [-0.4, -0.2) is 54.6 Å². The quantitative estimate of drug-likeness (QED) is 0.322. The van der Waals surface area contributed by atoms with Crippen LogP contribution in [0.3, 0.4) is 0 Å². The molecule has 2 rings (SSSR count). The summed E-state index contributed by atoms with van der Waals surface area (Å²) in [6.45, 7) is 10.1.